The fourth-order valence-electron chi connectivity index (χ4n) is 5.23. The lowest BCUT2D eigenvalue weighted by molar-refractivity contribution is -0.130. The minimum atomic E-state index is -3.34. The van der Waals surface area contributed by atoms with Gasteiger partial charge in [0.1, 0.15) is 18.3 Å². The highest BCUT2D eigenvalue weighted by Gasteiger charge is 2.50. The summed E-state index contributed by atoms with van der Waals surface area (Å²) in [5, 5.41) is 9.21. The fourth-order valence-corrected chi connectivity index (χ4v) is 8.69. The Hall–Kier alpha value is -1.53. The van der Waals surface area contributed by atoms with Gasteiger partial charge in [0.25, 0.3) is 14.1 Å². The molecule has 0 amide bonds. The van der Waals surface area contributed by atoms with Crippen LogP contribution in [0.1, 0.15) is 67.0 Å². The lowest BCUT2D eigenvalue weighted by Crippen LogP contribution is -2.44. The van der Waals surface area contributed by atoms with Gasteiger partial charge in [-0.15, -0.1) is 0 Å². The molecule has 1 fully saturated rings. The number of ether oxygens (including phenoxy) is 4. The Balaban J connectivity index is 2.61. The van der Waals surface area contributed by atoms with E-state index in [0.29, 0.717) is 12.8 Å². The molecule has 15 nitrogen and oxygen atoms in total. The lowest BCUT2D eigenvalue weighted by atomic mass is 10.1. The first-order valence-corrected chi connectivity index (χ1v) is 18.5. The molecule has 1 aliphatic rings. The first kappa shape index (κ1) is 40.6. The van der Waals surface area contributed by atoms with E-state index < -0.39 is 58.0 Å². The van der Waals surface area contributed by atoms with Crippen molar-refractivity contribution in [1.29, 1.82) is 5.26 Å². The van der Waals surface area contributed by atoms with Gasteiger partial charge in [-0.1, -0.05) is 0 Å². The molecule has 1 aliphatic heterocycles. The van der Waals surface area contributed by atoms with Crippen molar-refractivity contribution in [3.05, 3.63) is 33.1 Å². The van der Waals surface area contributed by atoms with Crippen LogP contribution in [0, 0.1) is 11.3 Å². The summed E-state index contributed by atoms with van der Waals surface area (Å²) in [6.45, 7) is 12.6. The number of nitriles is 1. The molecule has 3 unspecified atom stereocenters. The van der Waals surface area contributed by atoms with Gasteiger partial charge < -0.3 is 37.0 Å². The second-order valence-electron chi connectivity index (χ2n) is 11.1. The molecule has 264 valence electrons. The number of methoxy groups -OCH3 is 2. The SMILES string of the molecule is CCOP(=O)(CCC[C@H]1O[C@@H](n2ccc(=O)[nH]c2=O)C(OC(COC)COC)C1OP(OCCC#N)N(C(C)C)C(C)C)OCC. The van der Waals surface area contributed by atoms with Crippen LogP contribution in [0.25, 0.3) is 0 Å². The minimum Gasteiger partial charge on any atom is -0.382 e. The van der Waals surface area contributed by atoms with Gasteiger partial charge in [-0.2, -0.15) is 5.26 Å². The summed E-state index contributed by atoms with van der Waals surface area (Å²) in [5.41, 5.74) is -1.24. The van der Waals surface area contributed by atoms with E-state index in [1.54, 1.807) is 28.1 Å². The number of aromatic amines is 1. The van der Waals surface area contributed by atoms with E-state index in [9.17, 15) is 19.4 Å². The van der Waals surface area contributed by atoms with Crippen molar-refractivity contribution in [2.75, 3.05) is 53.4 Å². The topological polar surface area (TPSA) is 173 Å². The van der Waals surface area contributed by atoms with Crippen molar-refractivity contribution < 1.29 is 41.6 Å². The molecule has 0 radical (unpaired) electrons. The fraction of sp³-hybridized carbons (Fsp3) is 0.828. The first-order valence-electron chi connectivity index (χ1n) is 15.7. The van der Waals surface area contributed by atoms with Crippen molar-refractivity contribution >= 4 is 16.1 Å². The summed E-state index contributed by atoms with van der Waals surface area (Å²) >= 11 is 0. The van der Waals surface area contributed by atoms with Crippen molar-refractivity contribution in [3.63, 3.8) is 0 Å². The second-order valence-corrected chi connectivity index (χ2v) is 14.7. The number of H-pyrrole nitrogens is 1. The monoisotopic (exact) mass is 694 g/mol. The Morgan fingerprint density at radius 3 is 2.24 bits per heavy atom. The molecule has 1 saturated heterocycles. The maximum Gasteiger partial charge on any atom is 0.330 e. The molecular weight excluding hydrogens is 642 g/mol. The van der Waals surface area contributed by atoms with Gasteiger partial charge >= 0.3 is 13.3 Å². The molecule has 1 N–H and O–H groups in total. The van der Waals surface area contributed by atoms with Gasteiger partial charge in [-0.3, -0.25) is 18.9 Å². The smallest absolute Gasteiger partial charge is 0.330 e. The third kappa shape index (κ3) is 12.2. The molecule has 0 bridgehead atoms. The molecule has 46 heavy (non-hydrogen) atoms. The Morgan fingerprint density at radius 2 is 1.72 bits per heavy atom. The summed E-state index contributed by atoms with van der Waals surface area (Å²) in [6.07, 6.45) is -1.61. The molecule has 0 aromatic carbocycles. The van der Waals surface area contributed by atoms with Crippen LogP contribution in [-0.4, -0.2) is 104 Å². The highest BCUT2D eigenvalue weighted by atomic mass is 31.2. The van der Waals surface area contributed by atoms with E-state index in [1.165, 1.54) is 16.8 Å². The van der Waals surface area contributed by atoms with Crippen LogP contribution in [0.2, 0.25) is 0 Å². The Kier molecular flexibility index (Phi) is 18.3. The zero-order valence-corrected chi connectivity index (χ0v) is 30.1. The quantitative estimate of drug-likeness (QED) is 0.128. The number of nitrogens with one attached hydrogen (secondary N) is 1. The zero-order valence-electron chi connectivity index (χ0n) is 28.3. The van der Waals surface area contributed by atoms with Crippen LogP contribution in [0.5, 0.6) is 0 Å². The van der Waals surface area contributed by atoms with Crippen molar-refractivity contribution in [1.82, 2.24) is 14.2 Å². The number of rotatable bonds is 23. The highest BCUT2D eigenvalue weighted by Crippen LogP contribution is 2.52. The van der Waals surface area contributed by atoms with E-state index in [4.69, 9.17) is 37.0 Å². The summed E-state index contributed by atoms with van der Waals surface area (Å²) in [7, 11) is -2.02. The Labute approximate surface area is 273 Å². The van der Waals surface area contributed by atoms with Crippen LogP contribution in [0.15, 0.2) is 21.9 Å². The van der Waals surface area contributed by atoms with Crippen LogP contribution in [-0.2, 0) is 41.6 Å². The van der Waals surface area contributed by atoms with Gasteiger partial charge in [0.15, 0.2) is 6.23 Å². The molecule has 5 atom stereocenters. The molecule has 1 aromatic heterocycles. The summed E-state index contributed by atoms with van der Waals surface area (Å²) in [6, 6.07) is 3.37. The van der Waals surface area contributed by atoms with Gasteiger partial charge in [0.2, 0.25) is 0 Å². The molecule has 2 rings (SSSR count). The van der Waals surface area contributed by atoms with Gasteiger partial charge in [0.05, 0.1) is 57.8 Å². The maximum atomic E-state index is 13.3. The number of hydrogen-bond donors (Lipinski definition) is 1. The molecule has 1 aromatic rings. The number of nitrogens with zero attached hydrogens (tertiary/aromatic N) is 3. The second kappa shape index (κ2) is 20.8. The first-order chi connectivity index (χ1) is 21.9. The molecular formula is C29H52N4O11P2. The normalized spacial score (nSPS) is 21.1. The average molecular weight is 695 g/mol. The standard InChI is InChI=1S/C29H52N4O11P2/c1-9-40-46(36,41-10-2)18-11-13-24-26(44-45(39-17-12-15-30)33(21(3)4)22(5)6)27(42-23(19-37-7)20-38-8)28(43-24)32-16-14-25(34)31-29(32)35/h14,16,21-24,26-28H,9-13,17-20H2,1-8H3,(H,31,34,35)/t24-,26?,27?,28-,45?/m1/s1. The third-order valence-corrected chi connectivity index (χ3v) is 11.2. The van der Waals surface area contributed by atoms with Crippen LogP contribution in [0.3, 0.4) is 0 Å². The van der Waals surface area contributed by atoms with Gasteiger partial charge in [-0.25, -0.2) is 9.46 Å². The van der Waals surface area contributed by atoms with Crippen molar-refractivity contribution in [2.45, 2.75) is 104 Å². The van der Waals surface area contributed by atoms with E-state index in [2.05, 4.69) is 15.7 Å². The predicted octanol–water partition coefficient (Wildman–Crippen LogP) is 4.19. The van der Waals surface area contributed by atoms with Crippen molar-refractivity contribution in [3.8, 4) is 6.07 Å². The van der Waals surface area contributed by atoms with Crippen LogP contribution in [0.4, 0.5) is 0 Å². The third-order valence-electron chi connectivity index (χ3n) is 6.91. The van der Waals surface area contributed by atoms with Crippen molar-refractivity contribution in [2.24, 2.45) is 0 Å². The zero-order chi connectivity index (χ0) is 34.3. The lowest BCUT2D eigenvalue weighted by Gasteiger charge is -2.38. The average Bonchev–Trinajstić information content (AvgIpc) is 3.29. The number of hydrogen-bond acceptors (Lipinski definition) is 13. The predicted molar refractivity (Wildman–Crippen MR) is 173 cm³/mol. The van der Waals surface area contributed by atoms with Crippen LogP contribution < -0.4 is 11.2 Å². The number of aromatic nitrogens is 2. The molecule has 0 aliphatic carbocycles. The van der Waals surface area contributed by atoms with E-state index >= 15 is 0 Å². The van der Waals surface area contributed by atoms with Gasteiger partial charge in [0, 0.05) is 38.6 Å². The molecule has 0 saturated carbocycles. The molecule has 17 heteroatoms. The Morgan fingerprint density at radius 1 is 1.09 bits per heavy atom. The largest absolute Gasteiger partial charge is 0.382 e. The van der Waals surface area contributed by atoms with E-state index in [-0.39, 0.29) is 57.7 Å². The highest BCUT2D eigenvalue weighted by molar-refractivity contribution is 7.53. The van der Waals surface area contributed by atoms with Crippen LogP contribution >= 0.6 is 16.1 Å². The summed E-state index contributed by atoms with van der Waals surface area (Å²) in [4.78, 5) is 27.3. The molecule has 0 spiro atoms. The van der Waals surface area contributed by atoms with Gasteiger partial charge in [-0.05, 0) is 54.4 Å². The van der Waals surface area contributed by atoms with E-state index in [0.717, 1.165) is 0 Å². The maximum absolute atomic E-state index is 13.3. The minimum absolute atomic E-state index is 0.0175. The van der Waals surface area contributed by atoms with E-state index in [1.807, 2.05) is 27.7 Å². The summed E-state index contributed by atoms with van der Waals surface area (Å²) < 4.78 is 64.5. The summed E-state index contributed by atoms with van der Waals surface area (Å²) in [5.74, 6) is 0. The molecule has 2 heterocycles. The Bertz CT molecular complexity index is 1200.